The first kappa shape index (κ1) is 31.8. The van der Waals surface area contributed by atoms with Crippen LogP contribution in [0.25, 0.3) is 0 Å². The summed E-state index contributed by atoms with van der Waals surface area (Å²) in [4.78, 5) is 40.0. The highest BCUT2D eigenvalue weighted by Gasteiger charge is 2.30. The number of rotatable bonds is 15. The Morgan fingerprint density at radius 1 is 1.26 bits per heavy atom. The van der Waals surface area contributed by atoms with E-state index in [1.807, 2.05) is 20.8 Å². The van der Waals surface area contributed by atoms with Gasteiger partial charge in [0.05, 0.1) is 12.5 Å². The molecule has 1 rings (SSSR count). The highest BCUT2D eigenvalue weighted by atomic mass is 16.7. The third-order valence-corrected chi connectivity index (χ3v) is 4.90. The van der Waals surface area contributed by atoms with E-state index in [-0.39, 0.29) is 44.5 Å². The van der Waals surface area contributed by atoms with Crippen LogP contribution in [0.3, 0.4) is 0 Å². The van der Waals surface area contributed by atoms with Crippen LogP contribution >= 0.6 is 0 Å². The molecule has 0 spiro atoms. The van der Waals surface area contributed by atoms with Crippen molar-refractivity contribution in [2.75, 3.05) is 13.2 Å². The molecule has 196 valence electrons. The Balaban J connectivity index is 0.0000116. The molecular weight excluding hydrogens is 457 g/mol. The Kier molecular flexibility index (Phi) is 14.9. The number of hydrogen-bond donors (Lipinski definition) is 5. The minimum atomic E-state index is -1.74. The van der Waals surface area contributed by atoms with Gasteiger partial charge in [0.2, 0.25) is 5.91 Å². The van der Waals surface area contributed by atoms with Crippen molar-refractivity contribution in [1.29, 1.82) is 0 Å². The maximum atomic E-state index is 13.0. The number of hydrazine groups is 1. The van der Waals surface area contributed by atoms with Crippen molar-refractivity contribution in [3.05, 3.63) is 39.9 Å². The zero-order valence-electron chi connectivity index (χ0n) is 19.8. The molecule has 35 heavy (non-hydrogen) atoms. The summed E-state index contributed by atoms with van der Waals surface area (Å²) in [5, 5.41) is 31.5. The van der Waals surface area contributed by atoms with Crippen molar-refractivity contribution in [2.24, 2.45) is 22.6 Å². The normalized spacial score (nSPS) is 12.8. The van der Waals surface area contributed by atoms with E-state index in [0.29, 0.717) is 30.8 Å². The maximum absolute atomic E-state index is 13.0. The first-order valence-electron chi connectivity index (χ1n) is 11.2. The van der Waals surface area contributed by atoms with Gasteiger partial charge in [-0.2, -0.15) is 0 Å². The van der Waals surface area contributed by atoms with Gasteiger partial charge < -0.3 is 25.8 Å². The van der Waals surface area contributed by atoms with Crippen LogP contribution in [-0.2, 0) is 4.79 Å². The summed E-state index contributed by atoms with van der Waals surface area (Å²) >= 11 is 0. The van der Waals surface area contributed by atoms with Crippen LogP contribution in [0.1, 0.15) is 64.2 Å². The van der Waals surface area contributed by atoms with Gasteiger partial charge >= 0.3 is 7.12 Å². The van der Waals surface area contributed by atoms with Crippen molar-refractivity contribution in [3.63, 3.8) is 0 Å². The molecule has 12 nitrogen and oxygen atoms in total. The molecule has 0 heterocycles. The van der Waals surface area contributed by atoms with Gasteiger partial charge in [-0.05, 0) is 56.4 Å². The molecule has 13 heteroatoms. The van der Waals surface area contributed by atoms with Crippen LogP contribution in [0.5, 0.6) is 5.75 Å². The zero-order chi connectivity index (χ0) is 25.7. The predicted octanol–water partition coefficient (Wildman–Crippen LogP) is 1.33. The Morgan fingerprint density at radius 2 is 1.89 bits per heavy atom. The molecule has 0 aliphatic rings. The van der Waals surface area contributed by atoms with Gasteiger partial charge in [-0.25, -0.2) is 15.1 Å². The average Bonchev–Trinajstić information content (AvgIpc) is 2.75. The molecule has 0 bridgehead atoms. The number of hydrogen-bond acceptors (Lipinski definition) is 8. The number of nitrogens with two attached hydrogens (primary N) is 1. The van der Waals surface area contributed by atoms with Crippen molar-refractivity contribution >= 4 is 24.8 Å². The molecule has 0 unspecified atom stereocenters. The summed E-state index contributed by atoms with van der Waals surface area (Å²) in [6.45, 7) is 6.22. The molecule has 0 aliphatic heterocycles. The number of Topliss-reactive ketones (excluding diaryl/α,β-unsaturated/α-hetero) is 1. The van der Waals surface area contributed by atoms with Crippen LogP contribution in [0.4, 0.5) is 0 Å². The molecule has 6 N–H and O–H groups in total. The van der Waals surface area contributed by atoms with E-state index >= 15 is 0 Å². The fraction of sp³-hybridized carbons (Fsp3) is 0.591. The first-order chi connectivity index (χ1) is 16.0. The van der Waals surface area contributed by atoms with Gasteiger partial charge in [0, 0.05) is 24.4 Å². The van der Waals surface area contributed by atoms with E-state index in [2.05, 4.69) is 10.3 Å². The van der Waals surface area contributed by atoms with Gasteiger partial charge in [-0.3, -0.25) is 9.59 Å². The first-order valence-corrected chi connectivity index (χ1v) is 11.2. The fourth-order valence-electron chi connectivity index (χ4n) is 3.30. The molecule has 2 atom stereocenters. The SMILES string of the molecule is C.CCOc1ccc(C(=O)C[C@@H](CCCN=C(N)N[N+](=O)[O-])C(=O)N[C@@H](CC(C)C)B(O)O)cc1. The summed E-state index contributed by atoms with van der Waals surface area (Å²) in [5.74, 6) is -2.04. The number of nitrogens with zero attached hydrogens (tertiary/aromatic N) is 2. The number of carbonyl (C=O) groups excluding carboxylic acids is 2. The molecule has 0 saturated heterocycles. The Hall–Kier alpha value is -3.19. The number of ketones is 1. The largest absolute Gasteiger partial charge is 0.494 e. The summed E-state index contributed by atoms with van der Waals surface area (Å²) in [7, 11) is -1.74. The summed E-state index contributed by atoms with van der Waals surface area (Å²) in [6.07, 6.45) is 0.795. The summed E-state index contributed by atoms with van der Waals surface area (Å²) in [5.41, 5.74) is 7.53. The Bertz CT molecular complexity index is 834. The Morgan fingerprint density at radius 3 is 2.40 bits per heavy atom. The highest BCUT2D eigenvalue weighted by molar-refractivity contribution is 6.43. The van der Waals surface area contributed by atoms with Crippen LogP contribution in [0, 0.1) is 22.0 Å². The van der Waals surface area contributed by atoms with Crippen LogP contribution in [0.15, 0.2) is 29.3 Å². The third kappa shape index (κ3) is 12.7. The molecule has 0 saturated carbocycles. The standard InChI is InChI=1S/C21H34BN5O7.CH4/c1-4-34-17-9-7-15(8-10-17)18(28)13-16(6-5-11-24-21(23)26-27(32)33)20(29)25-19(22(30)31)12-14(2)3;/h7-10,14,16,19,30-31H,4-6,11-13H2,1-3H3,(H,25,29)(H3,23,24,26);1H4/t16-,19+;/m1./s1. The number of guanidine groups is 1. The second-order valence-corrected chi connectivity index (χ2v) is 8.22. The lowest BCUT2D eigenvalue weighted by molar-refractivity contribution is -0.525. The third-order valence-electron chi connectivity index (χ3n) is 4.90. The molecule has 0 fully saturated rings. The van der Waals surface area contributed by atoms with E-state index in [1.165, 1.54) is 0 Å². The predicted molar refractivity (Wildman–Crippen MR) is 134 cm³/mol. The van der Waals surface area contributed by atoms with E-state index in [4.69, 9.17) is 10.5 Å². The lowest BCUT2D eigenvalue weighted by Crippen LogP contribution is -2.49. The number of nitro groups is 1. The zero-order valence-corrected chi connectivity index (χ0v) is 19.8. The molecule has 0 radical (unpaired) electrons. The van der Waals surface area contributed by atoms with Gasteiger partial charge in [0.1, 0.15) is 5.75 Å². The molecule has 0 aliphatic carbocycles. The average molecular weight is 495 g/mol. The molecule has 0 aromatic heterocycles. The topological polar surface area (TPSA) is 189 Å². The summed E-state index contributed by atoms with van der Waals surface area (Å²) in [6, 6.07) is 6.59. The van der Waals surface area contributed by atoms with E-state index in [1.54, 1.807) is 29.7 Å². The number of carbonyl (C=O) groups is 2. The molecular formula is C22H38BN5O7. The quantitative estimate of drug-likeness (QED) is 0.0454. The van der Waals surface area contributed by atoms with E-state index in [9.17, 15) is 29.8 Å². The second-order valence-electron chi connectivity index (χ2n) is 8.22. The van der Waals surface area contributed by atoms with Gasteiger partial charge in [0.25, 0.3) is 5.96 Å². The van der Waals surface area contributed by atoms with Crippen LogP contribution in [0.2, 0.25) is 0 Å². The minimum Gasteiger partial charge on any atom is -0.494 e. The van der Waals surface area contributed by atoms with Crippen molar-refractivity contribution in [3.8, 4) is 5.75 Å². The lowest BCUT2D eigenvalue weighted by atomic mass is 9.74. The minimum absolute atomic E-state index is 0. The number of ether oxygens (including phenoxy) is 1. The summed E-state index contributed by atoms with van der Waals surface area (Å²) < 4.78 is 5.37. The number of aliphatic imine (C=N–C) groups is 1. The lowest BCUT2D eigenvalue weighted by Gasteiger charge is -2.23. The van der Waals surface area contributed by atoms with Gasteiger partial charge in [0.15, 0.2) is 10.8 Å². The molecule has 1 amide bonds. The number of benzene rings is 1. The van der Waals surface area contributed by atoms with Crippen LogP contribution < -0.4 is 21.2 Å². The van der Waals surface area contributed by atoms with E-state index < -0.39 is 29.9 Å². The maximum Gasteiger partial charge on any atom is 0.475 e. The number of amides is 1. The molecule has 1 aromatic carbocycles. The fourth-order valence-corrected chi connectivity index (χ4v) is 3.30. The Labute approximate surface area is 206 Å². The second kappa shape index (κ2) is 16.4. The van der Waals surface area contributed by atoms with Crippen LogP contribution in [-0.4, -0.2) is 58.9 Å². The smallest absolute Gasteiger partial charge is 0.475 e. The van der Waals surface area contributed by atoms with Crippen molar-refractivity contribution < 1.29 is 29.4 Å². The highest BCUT2D eigenvalue weighted by Crippen LogP contribution is 2.19. The molecule has 1 aromatic rings. The van der Waals surface area contributed by atoms with Gasteiger partial charge in [-0.1, -0.05) is 26.7 Å². The monoisotopic (exact) mass is 495 g/mol. The van der Waals surface area contributed by atoms with E-state index in [0.717, 1.165) is 0 Å². The van der Waals surface area contributed by atoms with Crippen molar-refractivity contribution in [1.82, 2.24) is 10.7 Å². The number of nitrogens with one attached hydrogen (secondary N) is 2. The van der Waals surface area contributed by atoms with Crippen molar-refractivity contribution in [2.45, 2.75) is 59.8 Å². The van der Waals surface area contributed by atoms with Gasteiger partial charge in [-0.15, -0.1) is 0 Å².